The van der Waals surface area contributed by atoms with Gasteiger partial charge in [-0.05, 0) is 49.4 Å². The average molecular weight is 490 g/mol. The van der Waals surface area contributed by atoms with Crippen LogP contribution >= 0.6 is 23.4 Å². The second kappa shape index (κ2) is 9.32. The molecule has 2 heterocycles. The lowest BCUT2D eigenvalue weighted by Crippen LogP contribution is -2.43. The number of carbonyl (C=O) groups is 2. The van der Waals surface area contributed by atoms with Crippen molar-refractivity contribution in [3.05, 3.63) is 83.4 Å². The molecule has 0 saturated heterocycles. The van der Waals surface area contributed by atoms with Crippen LogP contribution in [0, 0.1) is 6.92 Å². The van der Waals surface area contributed by atoms with E-state index in [2.05, 4.69) is 15.5 Å². The number of amides is 2. The van der Waals surface area contributed by atoms with Gasteiger partial charge in [0, 0.05) is 16.3 Å². The van der Waals surface area contributed by atoms with E-state index >= 15 is 0 Å². The highest BCUT2D eigenvalue weighted by Gasteiger charge is 2.27. The fourth-order valence-corrected chi connectivity index (χ4v) is 4.77. The van der Waals surface area contributed by atoms with Crippen molar-refractivity contribution in [1.82, 2.24) is 14.8 Å². The summed E-state index contributed by atoms with van der Waals surface area (Å²) in [5.74, 6) is 0.364. The lowest BCUT2D eigenvalue weighted by atomic mass is 10.1. The molecule has 0 saturated carbocycles. The lowest BCUT2D eigenvalue weighted by molar-refractivity contribution is -0.120. The van der Waals surface area contributed by atoms with Crippen LogP contribution in [0.1, 0.15) is 5.56 Å². The Labute approximate surface area is 205 Å². The van der Waals surface area contributed by atoms with Gasteiger partial charge in [0.25, 0.3) is 0 Å². The first kappa shape index (κ1) is 22.2. The molecule has 34 heavy (non-hydrogen) atoms. The van der Waals surface area contributed by atoms with Crippen molar-refractivity contribution in [2.75, 3.05) is 22.5 Å². The van der Waals surface area contributed by atoms with Crippen LogP contribution in [0.3, 0.4) is 0 Å². The Balaban J connectivity index is 1.46. The number of rotatable bonds is 5. The molecule has 1 aliphatic heterocycles. The number of nitrogens with zero attached hydrogens (tertiary/aromatic N) is 4. The van der Waals surface area contributed by atoms with E-state index in [9.17, 15) is 9.59 Å². The van der Waals surface area contributed by atoms with Gasteiger partial charge >= 0.3 is 0 Å². The molecule has 0 atom stereocenters. The summed E-state index contributed by atoms with van der Waals surface area (Å²) in [6.07, 6.45) is 0. The summed E-state index contributed by atoms with van der Waals surface area (Å²) in [4.78, 5) is 26.8. The van der Waals surface area contributed by atoms with Crippen molar-refractivity contribution in [2.24, 2.45) is 0 Å². The number of carbonyl (C=O) groups excluding carboxylic acids is 2. The van der Waals surface area contributed by atoms with Gasteiger partial charge < -0.3 is 10.2 Å². The predicted octanol–water partition coefficient (Wildman–Crippen LogP) is 4.97. The van der Waals surface area contributed by atoms with Crippen LogP contribution in [0.4, 0.5) is 11.4 Å². The second-order valence-electron chi connectivity index (χ2n) is 7.82. The lowest BCUT2D eigenvalue weighted by Gasteiger charge is -2.29. The minimum Gasteiger partial charge on any atom is -0.323 e. The summed E-state index contributed by atoms with van der Waals surface area (Å²) in [6, 6.07) is 22.7. The van der Waals surface area contributed by atoms with Crippen molar-refractivity contribution in [2.45, 2.75) is 12.1 Å². The van der Waals surface area contributed by atoms with Gasteiger partial charge in [-0.15, -0.1) is 10.2 Å². The summed E-state index contributed by atoms with van der Waals surface area (Å²) < 4.78 is 1.92. The molecule has 5 rings (SSSR count). The Kier molecular flexibility index (Phi) is 6.08. The Morgan fingerprint density at radius 1 is 1.06 bits per heavy atom. The van der Waals surface area contributed by atoms with Gasteiger partial charge in [0.1, 0.15) is 6.54 Å². The maximum Gasteiger partial charge on any atom is 0.244 e. The maximum atomic E-state index is 13.1. The minimum atomic E-state index is -0.219. The fourth-order valence-electron chi connectivity index (χ4n) is 3.82. The standard InChI is InChI=1S/C25H20ClN5O2S/c1-16-5-4-6-17(13-16)24-28-29-25(31(24)19-11-9-18(26)10-12-19)34-15-23(33)30-14-22(32)27-20-7-2-3-8-21(20)30/h2-13H,14-15H2,1H3,(H,27,32). The van der Waals surface area contributed by atoms with Gasteiger partial charge in [-0.25, -0.2) is 0 Å². The van der Waals surface area contributed by atoms with E-state index < -0.39 is 0 Å². The van der Waals surface area contributed by atoms with Crippen LogP contribution in [0.25, 0.3) is 17.1 Å². The molecule has 0 unspecified atom stereocenters. The van der Waals surface area contributed by atoms with Gasteiger partial charge in [0.05, 0.1) is 17.1 Å². The zero-order valence-corrected chi connectivity index (χ0v) is 19.8. The van der Waals surface area contributed by atoms with Crippen molar-refractivity contribution < 1.29 is 9.59 Å². The molecule has 0 bridgehead atoms. The fraction of sp³-hybridized carbons (Fsp3) is 0.120. The number of hydrogen-bond acceptors (Lipinski definition) is 5. The van der Waals surface area contributed by atoms with Crippen LogP contribution in [-0.4, -0.2) is 38.9 Å². The molecular weight excluding hydrogens is 470 g/mol. The molecule has 3 aromatic carbocycles. The van der Waals surface area contributed by atoms with Crippen molar-refractivity contribution in [1.29, 1.82) is 0 Å². The highest BCUT2D eigenvalue weighted by Crippen LogP contribution is 2.32. The topological polar surface area (TPSA) is 80.1 Å². The molecule has 2 amide bonds. The number of hydrogen-bond donors (Lipinski definition) is 1. The first-order chi connectivity index (χ1) is 16.5. The van der Waals surface area contributed by atoms with Gasteiger partial charge in [-0.3, -0.25) is 14.2 Å². The molecule has 170 valence electrons. The van der Waals surface area contributed by atoms with E-state index in [1.165, 1.54) is 16.7 Å². The molecule has 1 aromatic heterocycles. The first-order valence-corrected chi connectivity index (χ1v) is 12.0. The van der Waals surface area contributed by atoms with E-state index in [0.717, 1.165) is 16.8 Å². The van der Waals surface area contributed by atoms with E-state index in [1.807, 2.05) is 66.1 Å². The third-order valence-electron chi connectivity index (χ3n) is 5.39. The number of thioether (sulfide) groups is 1. The van der Waals surface area contributed by atoms with Crippen LogP contribution in [0.5, 0.6) is 0 Å². The number of aromatic nitrogens is 3. The van der Waals surface area contributed by atoms with Crippen LogP contribution in [0.2, 0.25) is 5.02 Å². The molecule has 0 fully saturated rings. The Bertz CT molecular complexity index is 1390. The summed E-state index contributed by atoms with van der Waals surface area (Å²) in [7, 11) is 0. The van der Waals surface area contributed by atoms with Crippen molar-refractivity contribution >= 4 is 46.6 Å². The third kappa shape index (κ3) is 4.42. The zero-order chi connectivity index (χ0) is 23.7. The predicted molar refractivity (Wildman–Crippen MR) is 135 cm³/mol. The van der Waals surface area contributed by atoms with Gasteiger partial charge in [0.15, 0.2) is 11.0 Å². The number of para-hydroxylation sites is 2. The number of anilines is 2. The van der Waals surface area contributed by atoms with Crippen LogP contribution < -0.4 is 10.2 Å². The molecule has 4 aromatic rings. The molecule has 1 N–H and O–H groups in total. The average Bonchev–Trinajstić information content (AvgIpc) is 3.26. The summed E-state index contributed by atoms with van der Waals surface area (Å²) in [5, 5.41) is 12.8. The van der Waals surface area contributed by atoms with E-state index in [1.54, 1.807) is 18.2 Å². The summed E-state index contributed by atoms with van der Waals surface area (Å²) >= 11 is 7.38. The Morgan fingerprint density at radius 3 is 2.65 bits per heavy atom. The second-order valence-corrected chi connectivity index (χ2v) is 9.20. The van der Waals surface area contributed by atoms with Crippen molar-refractivity contribution in [3.8, 4) is 17.1 Å². The number of halogens is 1. The number of fused-ring (bicyclic) bond motifs is 1. The highest BCUT2D eigenvalue weighted by molar-refractivity contribution is 7.99. The Morgan fingerprint density at radius 2 is 1.85 bits per heavy atom. The largest absolute Gasteiger partial charge is 0.323 e. The molecule has 0 radical (unpaired) electrons. The normalized spacial score (nSPS) is 12.9. The molecule has 7 nitrogen and oxygen atoms in total. The quantitative estimate of drug-likeness (QED) is 0.400. The van der Waals surface area contributed by atoms with Gasteiger partial charge in [-0.2, -0.15) is 0 Å². The zero-order valence-electron chi connectivity index (χ0n) is 18.2. The molecule has 0 spiro atoms. The monoisotopic (exact) mass is 489 g/mol. The summed E-state index contributed by atoms with van der Waals surface area (Å²) in [5.41, 5.74) is 4.18. The van der Waals surface area contributed by atoms with Crippen LogP contribution in [-0.2, 0) is 9.59 Å². The molecule has 0 aliphatic carbocycles. The van der Waals surface area contributed by atoms with Crippen LogP contribution in [0.15, 0.2) is 78.0 Å². The summed E-state index contributed by atoms with van der Waals surface area (Å²) in [6.45, 7) is 2.00. The third-order valence-corrected chi connectivity index (χ3v) is 6.56. The first-order valence-electron chi connectivity index (χ1n) is 10.6. The molecular formula is C25H20ClN5O2S. The maximum absolute atomic E-state index is 13.1. The number of benzene rings is 3. The van der Waals surface area contributed by atoms with Gasteiger partial charge in [-0.1, -0.05) is 59.3 Å². The van der Waals surface area contributed by atoms with Crippen molar-refractivity contribution in [3.63, 3.8) is 0 Å². The van der Waals surface area contributed by atoms with E-state index in [-0.39, 0.29) is 24.1 Å². The van der Waals surface area contributed by atoms with Gasteiger partial charge in [0.2, 0.25) is 11.8 Å². The minimum absolute atomic E-state index is 0.0190. The molecule has 9 heteroatoms. The highest BCUT2D eigenvalue weighted by atomic mass is 35.5. The smallest absolute Gasteiger partial charge is 0.244 e. The molecule has 1 aliphatic rings. The van der Waals surface area contributed by atoms with E-state index in [4.69, 9.17) is 11.6 Å². The number of aryl methyl sites for hydroxylation is 1. The number of nitrogens with one attached hydrogen (secondary N) is 1. The SMILES string of the molecule is Cc1cccc(-c2nnc(SCC(=O)N3CC(=O)Nc4ccccc43)n2-c2ccc(Cl)cc2)c1. The van der Waals surface area contributed by atoms with E-state index in [0.29, 0.717) is 27.4 Å². The Hall–Kier alpha value is -3.62.